The Hall–Kier alpha value is -1.35. The lowest BCUT2D eigenvalue weighted by atomic mass is 10.1. The van der Waals surface area contributed by atoms with E-state index in [4.69, 9.17) is 11.6 Å². The van der Waals surface area contributed by atoms with Gasteiger partial charge in [-0.3, -0.25) is 0 Å². The summed E-state index contributed by atoms with van der Waals surface area (Å²) < 4.78 is 1.97. The first-order valence-corrected chi connectivity index (χ1v) is 6.23. The molecule has 0 fully saturated rings. The van der Waals surface area contributed by atoms with E-state index in [0.717, 1.165) is 24.5 Å². The van der Waals surface area contributed by atoms with Crippen molar-refractivity contribution in [2.24, 2.45) is 7.05 Å². The first-order valence-electron chi connectivity index (χ1n) is 5.69. The average Bonchev–Trinajstić information content (AvgIpc) is 2.67. The quantitative estimate of drug-likeness (QED) is 0.780. The van der Waals surface area contributed by atoms with E-state index in [-0.39, 0.29) is 0 Å². The number of rotatable bonds is 4. The molecule has 0 aliphatic carbocycles. The maximum Gasteiger partial charge on any atom is 0.147 e. The van der Waals surface area contributed by atoms with Crippen LogP contribution in [0, 0.1) is 6.92 Å². The van der Waals surface area contributed by atoms with Gasteiger partial charge in [-0.1, -0.05) is 29.8 Å². The van der Waals surface area contributed by atoms with Crippen molar-refractivity contribution in [3.8, 4) is 0 Å². The molecule has 2 aromatic rings. The van der Waals surface area contributed by atoms with Crippen molar-refractivity contribution in [1.82, 2.24) is 14.8 Å². The molecule has 0 bridgehead atoms. The Morgan fingerprint density at radius 3 is 2.59 bits per heavy atom. The summed E-state index contributed by atoms with van der Waals surface area (Å²) >= 11 is 5.76. The Kier molecular flexibility index (Phi) is 3.79. The van der Waals surface area contributed by atoms with Crippen molar-refractivity contribution >= 4 is 11.6 Å². The Bertz CT molecular complexity index is 505. The number of alkyl halides is 1. The molecule has 0 N–H and O–H groups in total. The minimum atomic E-state index is 0.411. The topological polar surface area (TPSA) is 30.7 Å². The van der Waals surface area contributed by atoms with E-state index < -0.39 is 0 Å². The van der Waals surface area contributed by atoms with Crippen LogP contribution in [0.2, 0.25) is 0 Å². The predicted molar refractivity (Wildman–Crippen MR) is 69.1 cm³/mol. The maximum absolute atomic E-state index is 5.76. The Morgan fingerprint density at radius 1 is 1.18 bits per heavy atom. The Morgan fingerprint density at radius 2 is 1.94 bits per heavy atom. The summed E-state index contributed by atoms with van der Waals surface area (Å²) in [5, 5.41) is 8.20. The van der Waals surface area contributed by atoms with Crippen LogP contribution in [0.5, 0.6) is 0 Å². The molecule has 90 valence electrons. The zero-order valence-electron chi connectivity index (χ0n) is 10.2. The van der Waals surface area contributed by atoms with E-state index in [0.29, 0.717) is 5.88 Å². The molecule has 3 nitrogen and oxygen atoms in total. The molecule has 0 spiro atoms. The van der Waals surface area contributed by atoms with Crippen LogP contribution in [0.4, 0.5) is 0 Å². The van der Waals surface area contributed by atoms with Gasteiger partial charge >= 0.3 is 0 Å². The molecular weight excluding hydrogens is 234 g/mol. The van der Waals surface area contributed by atoms with E-state index >= 15 is 0 Å². The van der Waals surface area contributed by atoms with Gasteiger partial charge in [-0.05, 0) is 18.9 Å². The minimum Gasteiger partial charge on any atom is -0.317 e. The van der Waals surface area contributed by atoms with E-state index in [1.807, 2.05) is 11.6 Å². The molecule has 0 aliphatic heterocycles. The molecule has 1 aromatic heterocycles. The summed E-state index contributed by atoms with van der Waals surface area (Å²) in [6.45, 7) is 2.11. The van der Waals surface area contributed by atoms with E-state index in [2.05, 4.69) is 41.4 Å². The summed E-state index contributed by atoms with van der Waals surface area (Å²) in [5.74, 6) is 2.22. The van der Waals surface area contributed by atoms with Gasteiger partial charge in [0.25, 0.3) is 0 Å². The van der Waals surface area contributed by atoms with Gasteiger partial charge in [0.1, 0.15) is 11.6 Å². The van der Waals surface area contributed by atoms with Crippen LogP contribution < -0.4 is 0 Å². The molecule has 1 aromatic carbocycles. The molecule has 0 atom stereocenters. The first-order chi connectivity index (χ1) is 8.20. The van der Waals surface area contributed by atoms with Gasteiger partial charge in [0, 0.05) is 13.5 Å². The predicted octanol–water partition coefficient (Wildman–Crippen LogP) is 2.65. The number of aryl methyl sites for hydroxylation is 3. The van der Waals surface area contributed by atoms with Gasteiger partial charge in [0.15, 0.2) is 0 Å². The highest BCUT2D eigenvalue weighted by Crippen LogP contribution is 2.09. The van der Waals surface area contributed by atoms with Gasteiger partial charge in [-0.2, -0.15) is 0 Å². The third-order valence-electron chi connectivity index (χ3n) is 2.89. The molecule has 2 rings (SSSR count). The molecule has 0 radical (unpaired) electrons. The van der Waals surface area contributed by atoms with Crippen LogP contribution in [0.3, 0.4) is 0 Å². The minimum absolute atomic E-state index is 0.411. The van der Waals surface area contributed by atoms with Gasteiger partial charge in [-0.25, -0.2) is 0 Å². The molecule has 0 saturated carbocycles. The highest BCUT2D eigenvalue weighted by molar-refractivity contribution is 6.16. The number of nitrogens with zero attached hydrogens (tertiary/aromatic N) is 3. The summed E-state index contributed by atoms with van der Waals surface area (Å²) in [5.41, 5.74) is 2.63. The van der Waals surface area contributed by atoms with Crippen molar-refractivity contribution < 1.29 is 0 Å². The lowest BCUT2D eigenvalue weighted by Crippen LogP contribution is -2.03. The number of hydrogen-bond donors (Lipinski definition) is 0. The van der Waals surface area contributed by atoms with Gasteiger partial charge in [0.05, 0.1) is 5.88 Å². The summed E-state index contributed by atoms with van der Waals surface area (Å²) in [4.78, 5) is 0. The molecule has 0 aliphatic rings. The number of aromatic nitrogens is 3. The maximum atomic E-state index is 5.76. The second-order valence-corrected chi connectivity index (χ2v) is 4.48. The van der Waals surface area contributed by atoms with Crippen LogP contribution in [0.1, 0.15) is 22.8 Å². The molecule has 0 unspecified atom stereocenters. The van der Waals surface area contributed by atoms with Crippen molar-refractivity contribution in [2.75, 3.05) is 0 Å². The van der Waals surface area contributed by atoms with Crippen molar-refractivity contribution in [3.63, 3.8) is 0 Å². The third-order valence-corrected chi connectivity index (χ3v) is 3.13. The monoisotopic (exact) mass is 249 g/mol. The van der Waals surface area contributed by atoms with Crippen molar-refractivity contribution in [2.45, 2.75) is 25.6 Å². The smallest absolute Gasteiger partial charge is 0.147 e. The number of hydrogen-bond acceptors (Lipinski definition) is 2. The van der Waals surface area contributed by atoms with Crippen LogP contribution in [0.25, 0.3) is 0 Å². The fraction of sp³-hybridized carbons (Fsp3) is 0.385. The number of halogens is 1. The van der Waals surface area contributed by atoms with E-state index in [1.165, 1.54) is 11.1 Å². The third kappa shape index (κ3) is 2.86. The molecule has 1 heterocycles. The number of benzene rings is 1. The van der Waals surface area contributed by atoms with Crippen LogP contribution in [-0.2, 0) is 25.8 Å². The lowest BCUT2D eigenvalue weighted by molar-refractivity contribution is 0.751. The van der Waals surface area contributed by atoms with Gasteiger partial charge in [0.2, 0.25) is 0 Å². The summed E-state index contributed by atoms with van der Waals surface area (Å²) in [7, 11) is 1.96. The lowest BCUT2D eigenvalue weighted by Gasteiger charge is -2.03. The van der Waals surface area contributed by atoms with Crippen LogP contribution in [-0.4, -0.2) is 14.8 Å². The normalized spacial score (nSPS) is 10.8. The average molecular weight is 250 g/mol. The van der Waals surface area contributed by atoms with Crippen molar-refractivity contribution in [1.29, 1.82) is 0 Å². The van der Waals surface area contributed by atoms with Crippen molar-refractivity contribution in [3.05, 3.63) is 47.0 Å². The highest BCUT2D eigenvalue weighted by atomic mass is 35.5. The molecular formula is C13H16ClN3. The Labute approximate surface area is 106 Å². The molecule has 4 heteroatoms. The first kappa shape index (κ1) is 12.1. The summed E-state index contributed by atoms with van der Waals surface area (Å²) in [6, 6.07) is 8.55. The van der Waals surface area contributed by atoms with E-state index in [9.17, 15) is 0 Å². The largest absolute Gasteiger partial charge is 0.317 e. The molecule has 0 amide bonds. The molecule has 0 saturated heterocycles. The second kappa shape index (κ2) is 5.32. The second-order valence-electron chi connectivity index (χ2n) is 4.21. The van der Waals surface area contributed by atoms with E-state index in [1.54, 1.807) is 0 Å². The Balaban J connectivity index is 2.05. The summed E-state index contributed by atoms with van der Waals surface area (Å²) in [6.07, 6.45) is 1.87. The standard InChI is InChI=1S/C13H16ClN3/c1-10-4-3-5-11(8-10)6-7-12-15-16-13(9-14)17(12)2/h3-5,8H,6-7,9H2,1-2H3. The molecule has 17 heavy (non-hydrogen) atoms. The van der Waals surface area contributed by atoms with Gasteiger partial charge in [-0.15, -0.1) is 21.8 Å². The fourth-order valence-corrected chi connectivity index (χ4v) is 2.09. The fourth-order valence-electron chi connectivity index (χ4n) is 1.86. The van der Waals surface area contributed by atoms with Crippen LogP contribution >= 0.6 is 11.6 Å². The van der Waals surface area contributed by atoms with Crippen LogP contribution in [0.15, 0.2) is 24.3 Å². The van der Waals surface area contributed by atoms with Gasteiger partial charge < -0.3 is 4.57 Å². The zero-order valence-corrected chi connectivity index (χ0v) is 10.9. The SMILES string of the molecule is Cc1cccc(CCc2nnc(CCl)n2C)c1. The zero-order chi connectivity index (χ0) is 12.3. The highest BCUT2D eigenvalue weighted by Gasteiger charge is 2.07.